The van der Waals surface area contributed by atoms with E-state index in [0.717, 1.165) is 0 Å². The monoisotopic (exact) mass is 658 g/mol. The van der Waals surface area contributed by atoms with Crippen molar-refractivity contribution in [3.8, 4) is 22.5 Å². The molecule has 0 aliphatic carbocycles. The molecule has 0 saturated heterocycles. The van der Waals surface area contributed by atoms with Gasteiger partial charge in [-0.3, -0.25) is 0 Å². The Morgan fingerprint density at radius 1 is 0.288 bits per heavy atom. The lowest BCUT2D eigenvalue weighted by Crippen LogP contribution is -1.97. The fraction of sp³-hybridized carbons (Fsp3) is 0. The first-order valence-electron chi connectivity index (χ1n) is 18.0. The van der Waals surface area contributed by atoms with Gasteiger partial charge in [0.25, 0.3) is 0 Å². The second-order valence-corrected chi connectivity index (χ2v) is 14.1. The molecular weight excluding hydrogens is 629 g/mol. The third kappa shape index (κ3) is 3.68. The normalized spacial score (nSPS) is 12.2. The van der Waals surface area contributed by atoms with Crippen molar-refractivity contribution in [2.75, 3.05) is 0 Å². The smallest absolute Gasteiger partial charge is 0.0626 e. The third-order valence-electron chi connectivity index (χ3n) is 11.4. The fourth-order valence-corrected chi connectivity index (χ4v) is 9.24. The van der Waals surface area contributed by atoms with Crippen LogP contribution in [0.5, 0.6) is 0 Å². The van der Waals surface area contributed by atoms with Gasteiger partial charge in [0.1, 0.15) is 0 Å². The Bertz CT molecular complexity index is 3400. The van der Waals surface area contributed by atoms with Gasteiger partial charge in [-0.15, -0.1) is 0 Å². The predicted molar refractivity (Wildman–Crippen MR) is 222 cm³/mol. The molecule has 12 rings (SSSR count). The van der Waals surface area contributed by atoms with Gasteiger partial charge in [0, 0.05) is 43.7 Å². The Hall–Kier alpha value is -6.90. The number of fused-ring (bicyclic) bond motifs is 9. The Labute approximate surface area is 299 Å². The maximum absolute atomic E-state index is 2.53. The first-order chi connectivity index (χ1) is 25.8. The Kier molecular flexibility index (Phi) is 5.53. The number of rotatable bonds is 3. The minimum Gasteiger partial charge on any atom is -0.309 e. The van der Waals surface area contributed by atoms with Crippen molar-refractivity contribution in [2.24, 2.45) is 0 Å². The van der Waals surface area contributed by atoms with E-state index in [1.165, 1.54) is 109 Å². The average molecular weight is 659 g/mol. The van der Waals surface area contributed by atoms with Crippen molar-refractivity contribution in [3.63, 3.8) is 0 Å². The van der Waals surface area contributed by atoms with E-state index < -0.39 is 0 Å². The van der Waals surface area contributed by atoms with Crippen molar-refractivity contribution in [1.29, 1.82) is 0 Å². The lowest BCUT2D eigenvalue weighted by Gasteiger charge is -2.18. The van der Waals surface area contributed by atoms with Crippen LogP contribution in [0.25, 0.3) is 109 Å². The summed E-state index contributed by atoms with van der Waals surface area (Å²) in [5, 5.41) is 15.4. The molecule has 0 fully saturated rings. The van der Waals surface area contributed by atoms with Crippen molar-refractivity contribution in [2.45, 2.75) is 0 Å². The molecule has 0 N–H and O–H groups in total. The third-order valence-corrected chi connectivity index (χ3v) is 11.4. The summed E-state index contributed by atoms with van der Waals surface area (Å²) in [6.45, 7) is 0. The molecule has 240 valence electrons. The lowest BCUT2D eigenvalue weighted by atomic mass is 9.87. The molecule has 0 spiro atoms. The number of para-hydroxylation sites is 3. The highest BCUT2D eigenvalue weighted by Crippen LogP contribution is 2.48. The summed E-state index contributed by atoms with van der Waals surface area (Å²) >= 11 is 0. The van der Waals surface area contributed by atoms with Crippen LogP contribution in [0, 0.1) is 0 Å². The van der Waals surface area contributed by atoms with Gasteiger partial charge in [-0.2, -0.15) is 0 Å². The van der Waals surface area contributed by atoms with E-state index in [2.05, 4.69) is 191 Å². The lowest BCUT2D eigenvalue weighted by molar-refractivity contribution is 1.17. The molecule has 0 atom stereocenters. The summed E-state index contributed by atoms with van der Waals surface area (Å²) in [5.41, 5.74) is 9.75. The zero-order valence-corrected chi connectivity index (χ0v) is 28.2. The van der Waals surface area contributed by atoms with Crippen molar-refractivity contribution in [1.82, 2.24) is 9.13 Å². The largest absolute Gasteiger partial charge is 0.309 e. The second-order valence-electron chi connectivity index (χ2n) is 14.1. The number of hydrogen-bond acceptors (Lipinski definition) is 0. The maximum atomic E-state index is 2.53. The van der Waals surface area contributed by atoms with E-state index in [1.807, 2.05) is 0 Å². The number of hydrogen-bond donors (Lipinski definition) is 0. The van der Waals surface area contributed by atoms with E-state index in [4.69, 9.17) is 0 Å². The van der Waals surface area contributed by atoms with Gasteiger partial charge in [0.05, 0.1) is 22.1 Å². The second kappa shape index (κ2) is 10.3. The summed E-state index contributed by atoms with van der Waals surface area (Å²) in [6.07, 6.45) is 0. The molecule has 0 saturated carbocycles. The molecule has 0 aliphatic rings. The molecule has 0 bridgehead atoms. The van der Waals surface area contributed by atoms with Crippen LogP contribution in [-0.2, 0) is 0 Å². The summed E-state index contributed by atoms with van der Waals surface area (Å²) < 4.78 is 4.92. The van der Waals surface area contributed by atoms with Gasteiger partial charge in [-0.25, -0.2) is 0 Å². The molecule has 0 radical (unpaired) electrons. The molecule has 2 aromatic heterocycles. The highest BCUT2D eigenvalue weighted by Gasteiger charge is 2.23. The standard InChI is InChI=1S/C50H30N2/c1-2-15-35(16-3-1)51-44-22-8-6-17-37(44)43-30-36(26-27-46(43)51)52-45-23-9-7-18-39(45)49-40-20-10-14-34-29-42(33-25-24-31-12-4-5-13-32(31)28-33)38-19-11-21-41(50(49)52)48(38)47(34)40/h1-30H. The van der Waals surface area contributed by atoms with Crippen LogP contribution in [0.2, 0.25) is 0 Å². The summed E-state index contributed by atoms with van der Waals surface area (Å²) in [6, 6.07) is 67.2. The van der Waals surface area contributed by atoms with Crippen molar-refractivity contribution >= 4 is 86.7 Å². The Balaban J connectivity index is 1.22. The van der Waals surface area contributed by atoms with Crippen LogP contribution in [0.15, 0.2) is 182 Å². The van der Waals surface area contributed by atoms with Crippen LogP contribution in [0.1, 0.15) is 0 Å². The van der Waals surface area contributed by atoms with Crippen LogP contribution in [0.4, 0.5) is 0 Å². The number of benzene rings is 10. The molecule has 0 unspecified atom stereocenters. The topological polar surface area (TPSA) is 9.86 Å². The van der Waals surface area contributed by atoms with Crippen LogP contribution in [-0.4, -0.2) is 9.13 Å². The van der Waals surface area contributed by atoms with Gasteiger partial charge in [-0.05, 0) is 98.0 Å². The van der Waals surface area contributed by atoms with E-state index in [9.17, 15) is 0 Å². The van der Waals surface area contributed by atoms with Crippen molar-refractivity contribution < 1.29 is 0 Å². The van der Waals surface area contributed by atoms with E-state index >= 15 is 0 Å². The molecule has 52 heavy (non-hydrogen) atoms. The van der Waals surface area contributed by atoms with Gasteiger partial charge < -0.3 is 9.13 Å². The molecule has 2 nitrogen and oxygen atoms in total. The first-order valence-corrected chi connectivity index (χ1v) is 18.0. The van der Waals surface area contributed by atoms with E-state index in [-0.39, 0.29) is 0 Å². The van der Waals surface area contributed by atoms with Gasteiger partial charge in [0.2, 0.25) is 0 Å². The summed E-state index contributed by atoms with van der Waals surface area (Å²) in [7, 11) is 0. The summed E-state index contributed by atoms with van der Waals surface area (Å²) in [4.78, 5) is 0. The molecule has 0 amide bonds. The van der Waals surface area contributed by atoms with Gasteiger partial charge >= 0.3 is 0 Å². The molecule has 2 heterocycles. The molecular formula is C50H30N2. The minimum absolute atomic E-state index is 1.17. The van der Waals surface area contributed by atoms with Gasteiger partial charge in [-0.1, -0.05) is 127 Å². The highest BCUT2D eigenvalue weighted by atomic mass is 15.0. The molecule has 10 aromatic carbocycles. The molecule has 12 aromatic rings. The molecule has 0 aliphatic heterocycles. The first kappa shape index (κ1) is 27.9. The van der Waals surface area contributed by atoms with E-state index in [1.54, 1.807) is 0 Å². The predicted octanol–water partition coefficient (Wildman–Crippen LogP) is 13.6. The SMILES string of the molecule is c1ccc(-n2c3ccccc3c3cc(-n4c5ccccc5c5c6cccc7cc(-c8ccc9ccccc9c8)c8cccc(c8c76)c54)ccc32)cc1. The van der Waals surface area contributed by atoms with Gasteiger partial charge in [0.15, 0.2) is 0 Å². The fourth-order valence-electron chi connectivity index (χ4n) is 9.24. The van der Waals surface area contributed by atoms with Crippen molar-refractivity contribution in [3.05, 3.63) is 182 Å². The zero-order chi connectivity index (χ0) is 33.9. The Morgan fingerprint density at radius 3 is 1.83 bits per heavy atom. The van der Waals surface area contributed by atoms with Crippen LogP contribution < -0.4 is 0 Å². The van der Waals surface area contributed by atoms with E-state index in [0.29, 0.717) is 0 Å². The minimum atomic E-state index is 1.17. The number of aromatic nitrogens is 2. The molecule has 2 heteroatoms. The van der Waals surface area contributed by atoms with Crippen LogP contribution in [0.3, 0.4) is 0 Å². The average Bonchev–Trinajstić information content (AvgIpc) is 3.73. The zero-order valence-electron chi connectivity index (χ0n) is 28.2. The summed E-state index contributed by atoms with van der Waals surface area (Å²) in [5.74, 6) is 0. The maximum Gasteiger partial charge on any atom is 0.0626 e. The number of nitrogens with zero attached hydrogens (tertiary/aromatic N) is 2. The van der Waals surface area contributed by atoms with Crippen LogP contribution >= 0.6 is 0 Å². The quantitative estimate of drug-likeness (QED) is 0.167. The highest BCUT2D eigenvalue weighted by molar-refractivity contribution is 6.39. The Morgan fingerprint density at radius 2 is 0.942 bits per heavy atom.